The predicted octanol–water partition coefficient (Wildman–Crippen LogP) is 2.99. The molecule has 3 heteroatoms. The van der Waals surface area contributed by atoms with Crippen molar-refractivity contribution in [2.45, 2.75) is 32.9 Å². The molecule has 0 saturated heterocycles. The Balaban J connectivity index is 2.98. The van der Waals surface area contributed by atoms with Crippen LogP contribution < -0.4 is 5.73 Å². The molecule has 0 aliphatic heterocycles. The van der Waals surface area contributed by atoms with Crippen LogP contribution in [0.3, 0.4) is 0 Å². The number of hydrogen-bond donors (Lipinski definition) is 1. The van der Waals surface area contributed by atoms with Crippen LogP contribution in [-0.2, 0) is 0 Å². The molecule has 2 atom stereocenters. The maximum atomic E-state index is 6.01. The highest BCUT2D eigenvalue weighted by Crippen LogP contribution is 2.26. The van der Waals surface area contributed by atoms with Crippen molar-refractivity contribution in [3.63, 3.8) is 0 Å². The van der Waals surface area contributed by atoms with Crippen LogP contribution in [0.1, 0.15) is 29.7 Å². The van der Waals surface area contributed by atoms with E-state index < -0.39 is 0 Å². The summed E-state index contributed by atoms with van der Waals surface area (Å²) in [5, 5.41) is 0. The van der Waals surface area contributed by atoms with Gasteiger partial charge in [-0.15, -0.1) is 0 Å². The van der Waals surface area contributed by atoms with Gasteiger partial charge in [0.2, 0.25) is 0 Å². The van der Waals surface area contributed by atoms with Crippen LogP contribution in [0.4, 0.5) is 0 Å². The molecule has 2 unspecified atom stereocenters. The molecule has 0 spiro atoms. The summed E-state index contributed by atoms with van der Waals surface area (Å²) < 4.78 is 0. The van der Waals surface area contributed by atoms with Gasteiger partial charge in [0.1, 0.15) is 0 Å². The first kappa shape index (κ1) is 15.5. The lowest BCUT2D eigenvalue weighted by molar-refractivity contribution is 0.203. The minimum atomic E-state index is 0.312. The van der Waals surface area contributed by atoms with Gasteiger partial charge in [0.05, 0.1) is 0 Å². The Morgan fingerprint density at radius 1 is 1.33 bits per heavy atom. The summed E-state index contributed by atoms with van der Waals surface area (Å²) in [5.74, 6) is 1.14. The van der Waals surface area contributed by atoms with E-state index in [0.717, 1.165) is 5.75 Å². The van der Waals surface area contributed by atoms with E-state index in [1.54, 1.807) is 0 Å². The van der Waals surface area contributed by atoms with Crippen molar-refractivity contribution in [3.05, 3.63) is 34.9 Å². The topological polar surface area (TPSA) is 29.3 Å². The van der Waals surface area contributed by atoms with Crippen molar-refractivity contribution in [1.29, 1.82) is 0 Å². The summed E-state index contributed by atoms with van der Waals surface area (Å²) in [6, 6.07) is 7.35. The molecule has 0 aromatic heterocycles. The number of benzene rings is 1. The molecule has 2 N–H and O–H groups in total. The van der Waals surface area contributed by atoms with E-state index in [-0.39, 0.29) is 0 Å². The van der Waals surface area contributed by atoms with E-state index in [2.05, 4.69) is 57.2 Å². The lowest BCUT2D eigenvalue weighted by atomic mass is 9.96. The summed E-state index contributed by atoms with van der Waals surface area (Å²) in [6.45, 7) is 7.29. The average Bonchev–Trinajstić information content (AvgIpc) is 2.35. The van der Waals surface area contributed by atoms with E-state index >= 15 is 0 Å². The summed E-state index contributed by atoms with van der Waals surface area (Å²) in [7, 11) is 2.18. The van der Waals surface area contributed by atoms with E-state index in [9.17, 15) is 0 Å². The smallest absolute Gasteiger partial charge is 0.0473 e. The van der Waals surface area contributed by atoms with Crippen molar-refractivity contribution < 1.29 is 0 Å². The van der Waals surface area contributed by atoms with Crippen molar-refractivity contribution in [3.8, 4) is 0 Å². The number of nitrogens with zero attached hydrogens (tertiary/aromatic N) is 1. The molecule has 1 aromatic rings. The molecule has 0 bridgehead atoms. The molecule has 0 fully saturated rings. The Kier molecular flexibility index (Phi) is 6.19. The second-order valence-corrected chi connectivity index (χ2v) is 5.92. The molecular weight excluding hydrogens is 240 g/mol. The second-order valence-electron chi connectivity index (χ2n) is 5.01. The van der Waals surface area contributed by atoms with Gasteiger partial charge in [-0.2, -0.15) is 11.8 Å². The molecule has 0 amide bonds. The van der Waals surface area contributed by atoms with Gasteiger partial charge >= 0.3 is 0 Å². The van der Waals surface area contributed by atoms with E-state index in [1.165, 1.54) is 16.7 Å². The van der Waals surface area contributed by atoms with Crippen molar-refractivity contribution in [2.24, 2.45) is 5.73 Å². The van der Waals surface area contributed by atoms with Gasteiger partial charge < -0.3 is 5.73 Å². The van der Waals surface area contributed by atoms with Crippen LogP contribution in [-0.4, -0.2) is 36.5 Å². The maximum absolute atomic E-state index is 6.01. The van der Waals surface area contributed by atoms with Gasteiger partial charge in [-0.3, -0.25) is 4.90 Å². The van der Waals surface area contributed by atoms with Crippen LogP contribution in [0.15, 0.2) is 18.2 Å². The molecule has 0 aliphatic rings. The third-order valence-electron chi connectivity index (χ3n) is 3.82. The fourth-order valence-electron chi connectivity index (χ4n) is 2.31. The number of hydrogen-bond acceptors (Lipinski definition) is 3. The number of aryl methyl sites for hydroxylation is 1. The molecule has 0 radical (unpaired) electrons. The van der Waals surface area contributed by atoms with Crippen LogP contribution in [0.2, 0.25) is 0 Å². The molecule has 18 heavy (non-hydrogen) atoms. The highest BCUT2D eigenvalue weighted by Gasteiger charge is 2.21. The minimum Gasteiger partial charge on any atom is -0.329 e. The number of thioether (sulfide) groups is 1. The Morgan fingerprint density at radius 2 is 2.00 bits per heavy atom. The van der Waals surface area contributed by atoms with E-state index in [0.29, 0.717) is 18.6 Å². The van der Waals surface area contributed by atoms with E-state index in [4.69, 9.17) is 5.73 Å². The normalized spacial score (nSPS) is 14.8. The van der Waals surface area contributed by atoms with Crippen molar-refractivity contribution in [2.75, 3.05) is 25.6 Å². The average molecular weight is 266 g/mol. The fourth-order valence-corrected chi connectivity index (χ4v) is 3.03. The first-order chi connectivity index (χ1) is 8.52. The van der Waals surface area contributed by atoms with Gasteiger partial charge in [0.15, 0.2) is 0 Å². The lowest BCUT2D eigenvalue weighted by Gasteiger charge is -2.33. The molecule has 1 aromatic carbocycles. The predicted molar refractivity (Wildman–Crippen MR) is 83.3 cm³/mol. The van der Waals surface area contributed by atoms with Crippen LogP contribution in [0.5, 0.6) is 0 Å². The monoisotopic (exact) mass is 266 g/mol. The summed E-state index contributed by atoms with van der Waals surface area (Å²) in [5.41, 5.74) is 10.1. The van der Waals surface area contributed by atoms with Gasteiger partial charge in [-0.05, 0) is 50.8 Å². The number of likely N-dealkylation sites (N-methyl/N-ethyl adjacent to an activating group) is 1. The van der Waals surface area contributed by atoms with Gasteiger partial charge in [-0.1, -0.05) is 18.2 Å². The number of rotatable bonds is 6. The molecule has 0 saturated carbocycles. The van der Waals surface area contributed by atoms with Gasteiger partial charge in [-0.25, -0.2) is 0 Å². The Labute approximate surface area is 116 Å². The first-order valence-electron chi connectivity index (χ1n) is 6.50. The highest BCUT2D eigenvalue weighted by molar-refractivity contribution is 7.98. The fraction of sp³-hybridized carbons (Fsp3) is 0.600. The minimum absolute atomic E-state index is 0.312. The Bertz CT molecular complexity index is 379. The van der Waals surface area contributed by atoms with Crippen LogP contribution >= 0.6 is 11.8 Å². The van der Waals surface area contributed by atoms with Crippen LogP contribution in [0, 0.1) is 13.8 Å². The third-order valence-corrected chi connectivity index (χ3v) is 4.64. The zero-order chi connectivity index (χ0) is 13.7. The zero-order valence-electron chi connectivity index (χ0n) is 12.2. The second kappa shape index (κ2) is 7.17. The lowest BCUT2D eigenvalue weighted by Crippen LogP contribution is -2.38. The van der Waals surface area contributed by atoms with Gasteiger partial charge in [0, 0.05) is 24.4 Å². The maximum Gasteiger partial charge on any atom is 0.0473 e. The summed E-state index contributed by atoms with van der Waals surface area (Å²) in [4.78, 5) is 2.40. The Morgan fingerprint density at radius 3 is 2.56 bits per heavy atom. The highest BCUT2D eigenvalue weighted by atomic mass is 32.2. The SMILES string of the molecule is CSCC(C)N(C)C(CN)c1cccc(C)c1C. The zero-order valence-corrected chi connectivity index (χ0v) is 13.1. The van der Waals surface area contributed by atoms with Crippen molar-refractivity contribution in [1.82, 2.24) is 4.90 Å². The third kappa shape index (κ3) is 3.50. The summed E-state index contributed by atoms with van der Waals surface area (Å²) in [6.07, 6.45) is 2.15. The standard InChI is InChI=1S/C15H26N2S/c1-11-7-6-8-14(13(11)3)15(9-16)17(4)12(2)10-18-5/h6-8,12,15H,9-10,16H2,1-5H3. The molecule has 0 aliphatic carbocycles. The molecule has 1 rings (SSSR count). The van der Waals surface area contributed by atoms with Crippen LogP contribution in [0.25, 0.3) is 0 Å². The molecule has 0 heterocycles. The first-order valence-corrected chi connectivity index (χ1v) is 7.89. The Hall–Kier alpha value is -0.510. The van der Waals surface area contributed by atoms with Gasteiger partial charge in [0.25, 0.3) is 0 Å². The molecule has 2 nitrogen and oxygen atoms in total. The quantitative estimate of drug-likeness (QED) is 0.858. The van der Waals surface area contributed by atoms with E-state index in [1.807, 2.05) is 11.8 Å². The summed E-state index contributed by atoms with van der Waals surface area (Å²) >= 11 is 1.89. The number of nitrogens with two attached hydrogens (primary N) is 1. The molecular formula is C15H26N2S. The largest absolute Gasteiger partial charge is 0.329 e. The molecule has 102 valence electrons. The van der Waals surface area contributed by atoms with Crippen molar-refractivity contribution >= 4 is 11.8 Å².